The van der Waals surface area contributed by atoms with E-state index in [4.69, 9.17) is 28.0 Å². The molecule has 2 heterocycles. The van der Waals surface area contributed by atoms with Crippen LogP contribution in [0.3, 0.4) is 0 Å². The van der Waals surface area contributed by atoms with Gasteiger partial charge in [0.25, 0.3) is 5.91 Å². The molecule has 0 saturated carbocycles. The van der Waals surface area contributed by atoms with Gasteiger partial charge in [-0.1, -0.05) is 29.8 Å². The summed E-state index contributed by atoms with van der Waals surface area (Å²) < 4.78 is 4.70. The van der Waals surface area contributed by atoms with Gasteiger partial charge in [-0.05, 0) is 78.2 Å². The molecule has 0 fully saturated rings. The summed E-state index contributed by atoms with van der Waals surface area (Å²) in [5.74, 6) is 9.88. The molecule has 4 aromatic rings. The number of hydrazine groups is 1. The molecule has 1 unspecified atom stereocenters. The second-order valence-corrected chi connectivity index (χ2v) is 11.2. The maximum atomic E-state index is 13.4. The maximum Gasteiger partial charge on any atom is 0.411 e. The highest BCUT2D eigenvalue weighted by molar-refractivity contribution is 6.30. The number of rotatable bonds is 6. The van der Waals surface area contributed by atoms with Crippen LogP contribution in [-0.4, -0.2) is 48.8 Å². The lowest BCUT2D eigenvalue weighted by molar-refractivity contribution is -0.117. The number of ether oxygens (including phenoxy) is 1. The summed E-state index contributed by atoms with van der Waals surface area (Å²) in [5, 5.41) is 16.1. The second kappa shape index (κ2) is 15.6. The lowest BCUT2D eigenvalue weighted by Crippen LogP contribution is -2.33. The van der Waals surface area contributed by atoms with E-state index in [1.807, 2.05) is 6.07 Å². The number of carbonyl (C=O) groups excluding carboxylic acids is 4. The number of nitrogens with two attached hydrogens (primary N) is 2. The standard InChI is InChI=1S/C34H32ClN9O5/c1-49-34(48)41-25-7-8-26-21-11-12-38-28(16-21)29(43-31(45)10-5-22-15-24(35)6-9-30(22)44(37)19-40-36)14-20-3-2-4-23(13-20)33(47)39-18-32(46)42-27(26)17-25/h2-13,15-17,19,29H,14,18,36-37H2,1H3,(H,39,47)(H,41,48)(H,42,46)(H,43,45)/b10-5+,40-19-. The molecular formula is C34H32ClN9O5. The molecule has 250 valence electrons. The fourth-order valence-corrected chi connectivity index (χ4v) is 5.31. The van der Waals surface area contributed by atoms with Crippen LogP contribution in [0.2, 0.25) is 5.02 Å². The highest BCUT2D eigenvalue weighted by atomic mass is 35.5. The number of nitrogens with one attached hydrogen (secondary N) is 4. The number of carbonyl (C=O) groups is 4. The van der Waals surface area contributed by atoms with Gasteiger partial charge in [-0.25, -0.2) is 10.6 Å². The third-order valence-electron chi connectivity index (χ3n) is 7.40. The molecule has 4 amide bonds. The smallest absolute Gasteiger partial charge is 0.411 e. The zero-order chi connectivity index (χ0) is 34.9. The van der Waals surface area contributed by atoms with Gasteiger partial charge < -0.3 is 26.5 Å². The Hall–Kier alpha value is -6.25. The average molecular weight is 682 g/mol. The summed E-state index contributed by atoms with van der Waals surface area (Å²) in [4.78, 5) is 55.9. The van der Waals surface area contributed by atoms with E-state index in [1.54, 1.807) is 79.0 Å². The first-order valence-electron chi connectivity index (χ1n) is 14.8. The molecule has 3 aromatic carbocycles. The van der Waals surface area contributed by atoms with Crippen molar-refractivity contribution in [2.24, 2.45) is 16.8 Å². The zero-order valence-corrected chi connectivity index (χ0v) is 26.9. The molecule has 1 aliphatic rings. The van der Waals surface area contributed by atoms with E-state index in [1.165, 1.54) is 24.5 Å². The largest absolute Gasteiger partial charge is 0.453 e. The van der Waals surface area contributed by atoms with Crippen molar-refractivity contribution in [2.45, 2.75) is 12.5 Å². The van der Waals surface area contributed by atoms with Crippen LogP contribution < -0.4 is 38.0 Å². The van der Waals surface area contributed by atoms with Crippen molar-refractivity contribution in [3.05, 3.63) is 112 Å². The van der Waals surface area contributed by atoms with Gasteiger partial charge in [-0.3, -0.25) is 29.7 Å². The van der Waals surface area contributed by atoms with E-state index < -0.39 is 29.9 Å². The van der Waals surface area contributed by atoms with Crippen LogP contribution >= 0.6 is 11.6 Å². The van der Waals surface area contributed by atoms with E-state index in [0.29, 0.717) is 50.0 Å². The van der Waals surface area contributed by atoms with Crippen molar-refractivity contribution in [2.75, 3.05) is 29.3 Å². The zero-order valence-electron chi connectivity index (χ0n) is 26.1. The second-order valence-electron chi connectivity index (χ2n) is 10.8. The number of benzene rings is 3. The number of pyridine rings is 1. The number of nitrogens with zero attached hydrogens (tertiary/aromatic N) is 3. The minimum absolute atomic E-state index is 0.273. The summed E-state index contributed by atoms with van der Waals surface area (Å²) in [5.41, 5.74) is 4.60. The van der Waals surface area contributed by atoms with Gasteiger partial charge in [-0.15, -0.1) is 0 Å². The molecule has 49 heavy (non-hydrogen) atoms. The van der Waals surface area contributed by atoms with Gasteiger partial charge in [0.2, 0.25) is 11.8 Å². The molecule has 1 atom stereocenters. The van der Waals surface area contributed by atoms with Gasteiger partial charge >= 0.3 is 6.09 Å². The summed E-state index contributed by atoms with van der Waals surface area (Å²) in [7, 11) is 1.24. The van der Waals surface area contributed by atoms with Crippen LogP contribution in [-0.2, 0) is 20.7 Å². The number of methoxy groups -OCH3 is 1. The third-order valence-corrected chi connectivity index (χ3v) is 7.64. The summed E-state index contributed by atoms with van der Waals surface area (Å²) >= 11 is 6.21. The normalized spacial score (nSPS) is 14.6. The molecule has 0 aliphatic carbocycles. The highest BCUT2D eigenvalue weighted by Gasteiger charge is 2.20. The van der Waals surface area contributed by atoms with Crippen molar-refractivity contribution in [1.29, 1.82) is 0 Å². The molecule has 1 aliphatic heterocycles. The first-order valence-corrected chi connectivity index (χ1v) is 15.2. The minimum Gasteiger partial charge on any atom is -0.453 e. The van der Waals surface area contributed by atoms with E-state index in [-0.39, 0.29) is 13.0 Å². The van der Waals surface area contributed by atoms with Gasteiger partial charge in [-0.2, -0.15) is 5.10 Å². The number of halogens is 1. The van der Waals surface area contributed by atoms with Crippen molar-refractivity contribution < 1.29 is 23.9 Å². The Kier molecular flexibility index (Phi) is 10.8. The Bertz CT molecular complexity index is 1970. The number of hydrazone groups is 1. The maximum absolute atomic E-state index is 13.4. The first kappa shape index (κ1) is 34.1. The fraction of sp³-hybridized carbons (Fsp3) is 0.118. The number of anilines is 3. The summed E-state index contributed by atoms with van der Waals surface area (Å²) in [6.45, 7) is -0.306. The summed E-state index contributed by atoms with van der Waals surface area (Å²) in [6, 6.07) is 19.7. The van der Waals surface area contributed by atoms with Crippen LogP contribution in [0.1, 0.15) is 33.2 Å². The van der Waals surface area contributed by atoms with Gasteiger partial charge in [0.05, 0.1) is 36.8 Å². The molecular weight excluding hydrogens is 650 g/mol. The molecule has 5 rings (SSSR count). The number of aromatic nitrogens is 1. The Balaban J connectivity index is 1.54. The highest BCUT2D eigenvalue weighted by Crippen LogP contribution is 2.33. The molecule has 0 saturated heterocycles. The SMILES string of the molecule is COC(=O)Nc1ccc2c(c1)NC(=O)CNC(=O)c1cccc(c1)CC(NC(=O)/C=C/c1cc(Cl)ccc1N(N)/C=N\N)c1cc-2ccn1. The fourth-order valence-electron chi connectivity index (χ4n) is 5.13. The molecule has 4 bridgehead atoms. The van der Waals surface area contributed by atoms with Gasteiger partial charge in [0.15, 0.2) is 0 Å². The van der Waals surface area contributed by atoms with Crippen LogP contribution in [0.25, 0.3) is 17.2 Å². The van der Waals surface area contributed by atoms with Crippen molar-refractivity contribution >= 4 is 64.9 Å². The Labute approximate surface area is 286 Å². The number of fused-ring (bicyclic) bond motifs is 6. The van der Waals surface area contributed by atoms with Crippen LogP contribution in [0.4, 0.5) is 21.9 Å². The van der Waals surface area contributed by atoms with E-state index in [2.05, 4.69) is 31.4 Å². The number of hydrogen-bond acceptors (Lipinski definition) is 9. The van der Waals surface area contributed by atoms with E-state index in [9.17, 15) is 19.2 Å². The van der Waals surface area contributed by atoms with Crippen LogP contribution in [0, 0.1) is 0 Å². The molecule has 15 heteroatoms. The average Bonchev–Trinajstić information content (AvgIpc) is 3.09. The Morgan fingerprint density at radius 2 is 1.92 bits per heavy atom. The van der Waals surface area contributed by atoms with Crippen LogP contribution in [0.15, 0.2) is 90.2 Å². The molecule has 8 N–H and O–H groups in total. The third kappa shape index (κ3) is 8.77. The molecule has 1 aromatic heterocycles. The van der Waals surface area contributed by atoms with Crippen molar-refractivity contribution in [1.82, 2.24) is 15.6 Å². The quantitative estimate of drug-likeness (QED) is 0.0572. The molecule has 14 nitrogen and oxygen atoms in total. The van der Waals surface area contributed by atoms with E-state index >= 15 is 0 Å². The monoisotopic (exact) mass is 681 g/mol. The Morgan fingerprint density at radius 3 is 2.71 bits per heavy atom. The van der Waals surface area contributed by atoms with E-state index in [0.717, 1.165) is 5.56 Å². The number of hydrogen-bond donors (Lipinski definition) is 6. The molecule has 0 radical (unpaired) electrons. The first-order chi connectivity index (χ1) is 23.6. The lowest BCUT2D eigenvalue weighted by atomic mass is 9.97. The van der Waals surface area contributed by atoms with Crippen molar-refractivity contribution in [3.63, 3.8) is 0 Å². The summed E-state index contributed by atoms with van der Waals surface area (Å²) in [6.07, 6.45) is 5.29. The predicted octanol–water partition coefficient (Wildman–Crippen LogP) is 3.96. The number of amides is 4. The van der Waals surface area contributed by atoms with Crippen LogP contribution in [0.5, 0.6) is 0 Å². The van der Waals surface area contributed by atoms with Crippen molar-refractivity contribution in [3.8, 4) is 11.1 Å². The molecule has 0 spiro atoms. The lowest BCUT2D eigenvalue weighted by Gasteiger charge is -2.20. The topological polar surface area (TPSA) is 206 Å². The Morgan fingerprint density at radius 1 is 1.08 bits per heavy atom. The minimum atomic E-state index is -0.687. The van der Waals surface area contributed by atoms with Gasteiger partial charge in [0.1, 0.15) is 6.34 Å². The van der Waals surface area contributed by atoms with Gasteiger partial charge in [0, 0.05) is 39.7 Å². The predicted molar refractivity (Wildman–Crippen MR) is 188 cm³/mol.